The number of methoxy groups -OCH3 is 1. The van der Waals surface area contributed by atoms with Crippen LogP contribution in [0.1, 0.15) is 5.56 Å². The summed E-state index contributed by atoms with van der Waals surface area (Å²) in [6.07, 6.45) is 3.71. The molecule has 6 nitrogen and oxygen atoms in total. The topological polar surface area (TPSA) is 47.1 Å². The summed E-state index contributed by atoms with van der Waals surface area (Å²) in [5.74, 6) is 0. The number of hydrogen-bond acceptors (Lipinski definition) is 6. The van der Waals surface area contributed by atoms with Gasteiger partial charge < -0.3 is 14.2 Å². The largest absolute Gasteiger partial charge is 0.383 e. The molecule has 1 spiro atoms. The van der Waals surface area contributed by atoms with Gasteiger partial charge in [-0.2, -0.15) is 0 Å². The van der Waals surface area contributed by atoms with Crippen LogP contribution in [-0.4, -0.2) is 86.6 Å². The highest BCUT2D eigenvalue weighted by atomic mass is 16.5. The van der Waals surface area contributed by atoms with Crippen LogP contribution in [0.15, 0.2) is 24.5 Å². The summed E-state index contributed by atoms with van der Waals surface area (Å²) in [5, 5.41) is 0. The molecule has 23 heavy (non-hydrogen) atoms. The summed E-state index contributed by atoms with van der Waals surface area (Å²) in [7, 11) is 1.75. The van der Waals surface area contributed by atoms with E-state index in [1.165, 1.54) is 5.56 Å². The summed E-state index contributed by atoms with van der Waals surface area (Å²) in [6.45, 7) is 8.51. The van der Waals surface area contributed by atoms with E-state index in [1.807, 2.05) is 12.4 Å². The van der Waals surface area contributed by atoms with E-state index in [0.717, 1.165) is 59.1 Å². The zero-order chi connectivity index (χ0) is 16.0. The molecule has 128 valence electrons. The first kappa shape index (κ1) is 16.8. The van der Waals surface area contributed by atoms with Crippen molar-refractivity contribution in [1.82, 2.24) is 14.8 Å². The second kappa shape index (κ2) is 8.17. The zero-order valence-electron chi connectivity index (χ0n) is 13.9. The van der Waals surface area contributed by atoms with Gasteiger partial charge in [0.2, 0.25) is 0 Å². The Morgan fingerprint density at radius 2 is 1.96 bits per heavy atom. The number of morpholine rings is 1. The predicted molar refractivity (Wildman–Crippen MR) is 87.3 cm³/mol. The number of hydrogen-bond donors (Lipinski definition) is 0. The molecule has 0 N–H and O–H groups in total. The van der Waals surface area contributed by atoms with E-state index in [9.17, 15) is 0 Å². The fourth-order valence-electron chi connectivity index (χ4n) is 3.38. The lowest BCUT2D eigenvalue weighted by atomic mass is 10.0. The van der Waals surface area contributed by atoms with Gasteiger partial charge in [0, 0.05) is 58.8 Å². The lowest BCUT2D eigenvalue weighted by Crippen LogP contribution is -2.58. The summed E-state index contributed by atoms with van der Waals surface area (Å²) in [6, 6.07) is 4.16. The van der Waals surface area contributed by atoms with Crippen molar-refractivity contribution in [2.24, 2.45) is 0 Å². The molecule has 1 unspecified atom stereocenters. The maximum atomic E-state index is 6.20. The molecule has 6 heteroatoms. The van der Waals surface area contributed by atoms with Crippen molar-refractivity contribution >= 4 is 0 Å². The van der Waals surface area contributed by atoms with Gasteiger partial charge >= 0.3 is 0 Å². The lowest BCUT2D eigenvalue weighted by molar-refractivity contribution is -0.143. The van der Waals surface area contributed by atoms with Crippen molar-refractivity contribution in [2.45, 2.75) is 12.1 Å². The van der Waals surface area contributed by atoms with Gasteiger partial charge in [0.05, 0.1) is 26.4 Å². The lowest BCUT2D eigenvalue weighted by Gasteiger charge is -2.43. The molecule has 0 amide bonds. The molecular formula is C17H27N3O3. The highest BCUT2D eigenvalue weighted by Crippen LogP contribution is 2.23. The van der Waals surface area contributed by atoms with Crippen LogP contribution in [0, 0.1) is 0 Å². The van der Waals surface area contributed by atoms with Crippen molar-refractivity contribution in [3.63, 3.8) is 0 Å². The fourth-order valence-corrected chi connectivity index (χ4v) is 3.38. The zero-order valence-corrected chi connectivity index (χ0v) is 13.9. The van der Waals surface area contributed by atoms with Crippen molar-refractivity contribution in [1.29, 1.82) is 0 Å². The highest BCUT2D eigenvalue weighted by Gasteiger charge is 2.40. The molecule has 2 aliphatic heterocycles. The first-order valence-electron chi connectivity index (χ1n) is 8.34. The van der Waals surface area contributed by atoms with Crippen LogP contribution < -0.4 is 0 Å². The van der Waals surface area contributed by atoms with E-state index in [2.05, 4.69) is 26.9 Å². The fraction of sp³-hybridized carbons (Fsp3) is 0.706. The molecule has 3 heterocycles. The minimum atomic E-state index is -0.227. The Hall–Kier alpha value is -1.05. The normalized spacial score (nSPS) is 27.2. The SMILES string of the molecule is COCCN1CCOCC2(C1)CN(Cc1ccncc1)CCO2. The van der Waals surface area contributed by atoms with Gasteiger partial charge in [-0.3, -0.25) is 14.8 Å². The molecule has 0 radical (unpaired) electrons. The molecule has 2 saturated heterocycles. The van der Waals surface area contributed by atoms with Crippen molar-refractivity contribution in [3.8, 4) is 0 Å². The first-order valence-corrected chi connectivity index (χ1v) is 8.34. The third-order valence-corrected chi connectivity index (χ3v) is 4.52. The number of ether oxygens (including phenoxy) is 3. The summed E-state index contributed by atoms with van der Waals surface area (Å²) in [4.78, 5) is 8.95. The number of nitrogens with zero attached hydrogens (tertiary/aromatic N) is 3. The van der Waals surface area contributed by atoms with E-state index in [4.69, 9.17) is 14.2 Å². The highest BCUT2D eigenvalue weighted by molar-refractivity contribution is 5.10. The van der Waals surface area contributed by atoms with Gasteiger partial charge in [0.1, 0.15) is 5.60 Å². The number of pyridine rings is 1. The van der Waals surface area contributed by atoms with Crippen LogP contribution >= 0.6 is 0 Å². The summed E-state index contributed by atoms with van der Waals surface area (Å²) >= 11 is 0. The van der Waals surface area contributed by atoms with Gasteiger partial charge in [-0.15, -0.1) is 0 Å². The molecular weight excluding hydrogens is 294 g/mol. The Kier molecular flexibility index (Phi) is 5.96. The predicted octanol–water partition coefficient (Wildman–Crippen LogP) is 0.631. The molecule has 1 atom stereocenters. The van der Waals surface area contributed by atoms with E-state index in [1.54, 1.807) is 7.11 Å². The van der Waals surface area contributed by atoms with Gasteiger partial charge in [0.25, 0.3) is 0 Å². The average molecular weight is 321 g/mol. The summed E-state index contributed by atoms with van der Waals surface area (Å²) < 4.78 is 17.3. The molecule has 0 aliphatic carbocycles. The minimum absolute atomic E-state index is 0.227. The second-order valence-electron chi connectivity index (χ2n) is 6.42. The monoisotopic (exact) mass is 321 g/mol. The molecule has 0 saturated carbocycles. The first-order chi connectivity index (χ1) is 11.3. The quantitative estimate of drug-likeness (QED) is 0.793. The Bertz CT molecular complexity index is 473. The molecule has 0 aromatic carbocycles. The third-order valence-electron chi connectivity index (χ3n) is 4.52. The summed E-state index contributed by atoms with van der Waals surface area (Å²) in [5.41, 5.74) is 1.07. The molecule has 2 fully saturated rings. The number of aromatic nitrogens is 1. The van der Waals surface area contributed by atoms with E-state index in [0.29, 0.717) is 6.61 Å². The molecule has 1 aromatic rings. The van der Waals surface area contributed by atoms with Gasteiger partial charge in [0.15, 0.2) is 0 Å². The maximum Gasteiger partial charge on any atom is 0.117 e. The molecule has 2 aliphatic rings. The second-order valence-corrected chi connectivity index (χ2v) is 6.42. The Morgan fingerprint density at radius 3 is 2.78 bits per heavy atom. The minimum Gasteiger partial charge on any atom is -0.383 e. The smallest absolute Gasteiger partial charge is 0.117 e. The molecule has 1 aromatic heterocycles. The van der Waals surface area contributed by atoms with Crippen molar-refractivity contribution in [3.05, 3.63) is 30.1 Å². The van der Waals surface area contributed by atoms with Gasteiger partial charge in [-0.25, -0.2) is 0 Å². The molecule has 3 rings (SSSR count). The van der Waals surface area contributed by atoms with Crippen LogP contribution in [-0.2, 0) is 20.8 Å². The van der Waals surface area contributed by atoms with Gasteiger partial charge in [-0.05, 0) is 17.7 Å². The standard InChI is InChI=1S/C17H27N3O3/c1-21-9-6-19-7-10-22-15-17(13-19)14-20(8-11-23-17)12-16-2-4-18-5-3-16/h2-5H,6-15H2,1H3. The van der Waals surface area contributed by atoms with E-state index >= 15 is 0 Å². The average Bonchev–Trinajstić information content (AvgIpc) is 2.76. The van der Waals surface area contributed by atoms with E-state index < -0.39 is 0 Å². The van der Waals surface area contributed by atoms with Gasteiger partial charge in [-0.1, -0.05) is 0 Å². The van der Waals surface area contributed by atoms with Crippen LogP contribution in [0.3, 0.4) is 0 Å². The maximum absolute atomic E-state index is 6.20. The molecule has 0 bridgehead atoms. The van der Waals surface area contributed by atoms with Crippen LogP contribution in [0.5, 0.6) is 0 Å². The van der Waals surface area contributed by atoms with Crippen LogP contribution in [0.2, 0.25) is 0 Å². The van der Waals surface area contributed by atoms with Crippen molar-refractivity contribution < 1.29 is 14.2 Å². The van der Waals surface area contributed by atoms with Crippen LogP contribution in [0.4, 0.5) is 0 Å². The Morgan fingerprint density at radius 1 is 1.17 bits per heavy atom. The van der Waals surface area contributed by atoms with Crippen LogP contribution in [0.25, 0.3) is 0 Å². The van der Waals surface area contributed by atoms with E-state index in [-0.39, 0.29) is 5.60 Å². The number of rotatable bonds is 5. The third kappa shape index (κ3) is 4.71. The Balaban J connectivity index is 1.62. The Labute approximate surface area is 138 Å². The van der Waals surface area contributed by atoms with Crippen molar-refractivity contribution in [2.75, 3.05) is 66.3 Å².